The van der Waals surface area contributed by atoms with Crippen molar-refractivity contribution >= 4 is 11.2 Å². The summed E-state index contributed by atoms with van der Waals surface area (Å²) in [5, 5.41) is 0. The molecule has 0 spiro atoms. The maximum Gasteiger partial charge on any atom is 0.140 e. The Morgan fingerprint density at radius 3 is 2.96 bits per heavy atom. The summed E-state index contributed by atoms with van der Waals surface area (Å²) in [7, 11) is 0. The fraction of sp³-hybridized carbons (Fsp3) is 0.174. The summed E-state index contributed by atoms with van der Waals surface area (Å²) >= 11 is 0. The van der Waals surface area contributed by atoms with E-state index in [1.54, 1.807) is 0 Å². The molecular formula is C23H22N2. The molecule has 2 heteroatoms. The van der Waals surface area contributed by atoms with Crippen molar-refractivity contribution in [2.24, 2.45) is 0 Å². The number of nitrogens with zero attached hydrogens (tertiary/aromatic N) is 2. The van der Waals surface area contributed by atoms with E-state index in [0.29, 0.717) is 0 Å². The Labute approximate surface area is 148 Å². The van der Waals surface area contributed by atoms with Crippen molar-refractivity contribution in [2.45, 2.75) is 26.2 Å². The molecule has 1 aliphatic rings. The highest BCUT2D eigenvalue weighted by molar-refractivity contribution is 5.75. The van der Waals surface area contributed by atoms with Gasteiger partial charge in [0.1, 0.15) is 5.65 Å². The Morgan fingerprint density at radius 2 is 2.08 bits per heavy atom. The fourth-order valence-electron chi connectivity index (χ4n) is 3.42. The molecule has 0 radical (unpaired) electrons. The quantitative estimate of drug-likeness (QED) is 0.619. The van der Waals surface area contributed by atoms with Crippen LogP contribution in [0.2, 0.25) is 0 Å². The number of aryl methyl sites for hydroxylation is 1. The second-order valence-corrected chi connectivity index (χ2v) is 6.73. The van der Waals surface area contributed by atoms with Crippen molar-refractivity contribution in [1.82, 2.24) is 9.38 Å². The van der Waals surface area contributed by atoms with Crippen molar-refractivity contribution in [3.05, 3.63) is 102 Å². The number of pyridine rings is 1. The summed E-state index contributed by atoms with van der Waals surface area (Å²) in [4.78, 5) is 4.73. The molecular weight excluding hydrogens is 304 g/mol. The first-order valence-corrected chi connectivity index (χ1v) is 8.77. The predicted octanol–water partition coefficient (Wildman–Crippen LogP) is 5.52. The summed E-state index contributed by atoms with van der Waals surface area (Å²) in [6.07, 6.45) is 13.6. The highest BCUT2D eigenvalue weighted by atomic mass is 15.0. The lowest BCUT2D eigenvalue weighted by molar-refractivity contribution is 1.02. The third-order valence-electron chi connectivity index (χ3n) is 4.72. The minimum Gasteiger partial charge on any atom is -0.299 e. The lowest BCUT2D eigenvalue weighted by Gasteiger charge is -2.07. The average Bonchev–Trinajstić information content (AvgIpc) is 2.92. The summed E-state index contributed by atoms with van der Waals surface area (Å²) < 4.78 is 2.20. The third-order valence-corrected chi connectivity index (χ3v) is 4.72. The van der Waals surface area contributed by atoms with E-state index < -0.39 is 0 Å². The monoisotopic (exact) mass is 326 g/mol. The zero-order chi connectivity index (χ0) is 17.2. The summed E-state index contributed by atoms with van der Waals surface area (Å²) in [6.45, 7) is 6.21. The van der Waals surface area contributed by atoms with Gasteiger partial charge in [0, 0.05) is 12.6 Å². The second kappa shape index (κ2) is 6.56. The smallest absolute Gasteiger partial charge is 0.140 e. The number of hydrogen-bond acceptors (Lipinski definition) is 1. The van der Waals surface area contributed by atoms with Gasteiger partial charge in [-0.2, -0.15) is 0 Å². The van der Waals surface area contributed by atoms with Gasteiger partial charge in [0.05, 0.1) is 11.9 Å². The Bertz CT molecular complexity index is 1000. The molecule has 0 saturated heterocycles. The zero-order valence-corrected chi connectivity index (χ0v) is 14.6. The maximum absolute atomic E-state index is 4.73. The Kier molecular flexibility index (Phi) is 4.10. The lowest BCUT2D eigenvalue weighted by Crippen LogP contribution is -1.96. The van der Waals surface area contributed by atoms with E-state index in [1.165, 1.54) is 27.8 Å². The number of allylic oxidation sites excluding steroid dienone is 5. The van der Waals surface area contributed by atoms with Crippen LogP contribution in [0.25, 0.3) is 11.2 Å². The Hall–Kier alpha value is -2.87. The molecule has 2 aromatic heterocycles. The predicted molar refractivity (Wildman–Crippen MR) is 105 cm³/mol. The van der Waals surface area contributed by atoms with Crippen molar-refractivity contribution in [2.75, 3.05) is 0 Å². The number of hydrogen-bond donors (Lipinski definition) is 0. The first-order chi connectivity index (χ1) is 12.2. The van der Waals surface area contributed by atoms with Crippen LogP contribution < -0.4 is 0 Å². The molecule has 0 saturated carbocycles. The van der Waals surface area contributed by atoms with Gasteiger partial charge in [0.2, 0.25) is 0 Å². The number of fused-ring (bicyclic) bond motifs is 1. The first kappa shape index (κ1) is 15.6. The first-order valence-electron chi connectivity index (χ1n) is 8.77. The topological polar surface area (TPSA) is 17.3 Å². The fourth-order valence-corrected chi connectivity index (χ4v) is 3.42. The number of rotatable bonds is 3. The molecule has 0 bridgehead atoms. The second-order valence-electron chi connectivity index (χ2n) is 6.73. The zero-order valence-electron chi connectivity index (χ0n) is 14.6. The summed E-state index contributed by atoms with van der Waals surface area (Å²) in [5.74, 6) is 0. The Balaban J connectivity index is 1.74. The van der Waals surface area contributed by atoms with Crippen LogP contribution in [0.4, 0.5) is 0 Å². The highest BCUT2D eigenvalue weighted by Gasteiger charge is 2.11. The van der Waals surface area contributed by atoms with Gasteiger partial charge >= 0.3 is 0 Å². The molecule has 4 rings (SSSR count). The molecule has 2 nitrogen and oxygen atoms in total. The third kappa shape index (κ3) is 3.20. The van der Waals surface area contributed by atoms with Crippen LogP contribution in [0.15, 0.2) is 79.2 Å². The molecule has 0 aliphatic heterocycles. The molecule has 0 fully saturated rings. The van der Waals surface area contributed by atoms with Crippen LogP contribution in [0.1, 0.15) is 35.2 Å². The number of benzene rings is 1. The van der Waals surface area contributed by atoms with Crippen LogP contribution in [0, 0.1) is 6.92 Å². The van der Waals surface area contributed by atoms with Crippen molar-refractivity contribution in [3.63, 3.8) is 0 Å². The molecule has 0 atom stereocenters. The molecule has 25 heavy (non-hydrogen) atoms. The van der Waals surface area contributed by atoms with Crippen molar-refractivity contribution < 1.29 is 0 Å². The molecule has 3 aromatic rings. The van der Waals surface area contributed by atoms with E-state index in [0.717, 1.165) is 30.6 Å². The van der Waals surface area contributed by atoms with Crippen molar-refractivity contribution in [3.8, 4) is 0 Å². The highest BCUT2D eigenvalue weighted by Crippen LogP contribution is 2.25. The lowest BCUT2D eigenvalue weighted by atomic mass is 10.0. The minimum absolute atomic E-state index is 0.897. The molecule has 1 aliphatic carbocycles. The van der Waals surface area contributed by atoms with Gasteiger partial charge in [-0.25, -0.2) is 4.98 Å². The molecule has 0 N–H and O–H groups in total. The maximum atomic E-state index is 4.73. The van der Waals surface area contributed by atoms with Gasteiger partial charge in [-0.15, -0.1) is 0 Å². The van der Waals surface area contributed by atoms with Crippen LogP contribution in [0.5, 0.6) is 0 Å². The van der Waals surface area contributed by atoms with Gasteiger partial charge in [-0.1, -0.05) is 66.3 Å². The SMILES string of the molecule is C=C1C=CC(c2cnc3c(Cc4cccc(C)c4)cccn23)=CCC1. The molecule has 124 valence electrons. The summed E-state index contributed by atoms with van der Waals surface area (Å²) in [5.41, 5.74) is 8.45. The van der Waals surface area contributed by atoms with E-state index in [2.05, 4.69) is 78.7 Å². The summed E-state index contributed by atoms with van der Waals surface area (Å²) in [6, 6.07) is 13.0. The molecule has 2 heterocycles. The Morgan fingerprint density at radius 1 is 1.16 bits per heavy atom. The van der Waals surface area contributed by atoms with Crippen LogP contribution in [-0.2, 0) is 6.42 Å². The molecule has 0 unspecified atom stereocenters. The largest absolute Gasteiger partial charge is 0.299 e. The van der Waals surface area contributed by atoms with Gasteiger partial charge in [0.15, 0.2) is 0 Å². The molecule has 1 aromatic carbocycles. The van der Waals surface area contributed by atoms with E-state index in [4.69, 9.17) is 4.98 Å². The van der Waals surface area contributed by atoms with E-state index in [9.17, 15) is 0 Å². The van der Waals surface area contributed by atoms with Gasteiger partial charge in [0.25, 0.3) is 0 Å². The average molecular weight is 326 g/mol. The van der Waals surface area contributed by atoms with E-state index in [-0.39, 0.29) is 0 Å². The standard InChI is InChI=1S/C23H22N2/c1-17-6-4-9-20(12-11-17)22-16-24-23-21(10-5-13-25(22)23)15-19-8-3-7-18(2)14-19/h3,5,7-14,16H,1,4,6,15H2,2H3. The van der Waals surface area contributed by atoms with Gasteiger partial charge < -0.3 is 0 Å². The number of imidazole rings is 1. The van der Waals surface area contributed by atoms with E-state index >= 15 is 0 Å². The van der Waals surface area contributed by atoms with Crippen LogP contribution in [0.3, 0.4) is 0 Å². The minimum atomic E-state index is 0.897. The van der Waals surface area contributed by atoms with Crippen LogP contribution in [-0.4, -0.2) is 9.38 Å². The normalized spacial score (nSPS) is 14.6. The van der Waals surface area contributed by atoms with Gasteiger partial charge in [-0.05, 0) is 42.5 Å². The molecule has 0 amide bonds. The number of aromatic nitrogens is 2. The van der Waals surface area contributed by atoms with E-state index in [1.807, 2.05) is 6.20 Å². The van der Waals surface area contributed by atoms with Crippen molar-refractivity contribution in [1.29, 1.82) is 0 Å². The van der Waals surface area contributed by atoms with Gasteiger partial charge in [-0.3, -0.25) is 4.40 Å². The van der Waals surface area contributed by atoms with Crippen LogP contribution >= 0.6 is 0 Å².